The van der Waals surface area contributed by atoms with Crippen LogP contribution in [0.3, 0.4) is 0 Å². The Hall–Kier alpha value is -2.91. The molecule has 2 bridgehead atoms. The van der Waals surface area contributed by atoms with E-state index in [4.69, 9.17) is 0 Å². The van der Waals surface area contributed by atoms with Crippen molar-refractivity contribution in [2.75, 3.05) is 13.1 Å². The number of fused-ring (bicyclic) bond motifs is 2. The Morgan fingerprint density at radius 2 is 2.03 bits per heavy atom. The third-order valence-corrected chi connectivity index (χ3v) is 8.61. The summed E-state index contributed by atoms with van der Waals surface area (Å²) in [6, 6.07) is 4.39. The highest BCUT2D eigenvalue weighted by Gasteiger charge is 2.56. The minimum absolute atomic E-state index is 0.237. The van der Waals surface area contributed by atoms with Crippen LogP contribution >= 0.6 is 0 Å². The molecule has 2 aromatic heterocycles. The molecule has 0 saturated carbocycles. The number of hydrogen-bond donors (Lipinski definition) is 1. The first-order valence-electron chi connectivity index (χ1n) is 12.3. The van der Waals surface area contributed by atoms with Crippen LogP contribution in [0.2, 0.25) is 0 Å². The molecule has 3 fully saturated rings. The summed E-state index contributed by atoms with van der Waals surface area (Å²) < 4.78 is 1.49. The Bertz CT molecular complexity index is 1130. The summed E-state index contributed by atoms with van der Waals surface area (Å²) in [5.74, 6) is 0.942. The largest absolute Gasteiger partial charge is 0.387 e. The maximum absolute atomic E-state index is 13.7. The van der Waals surface area contributed by atoms with Gasteiger partial charge in [0.2, 0.25) is 5.91 Å². The van der Waals surface area contributed by atoms with Crippen LogP contribution in [0.5, 0.6) is 0 Å². The predicted octanol–water partition coefficient (Wildman–Crippen LogP) is 2.56. The number of carbonyl (C=O) groups excluding carboxylic acids is 1. The molecular formula is C25H31N7O2. The maximum atomic E-state index is 13.7. The lowest BCUT2D eigenvalue weighted by Crippen LogP contribution is -2.51. The Morgan fingerprint density at radius 3 is 2.65 bits per heavy atom. The molecule has 3 aliphatic heterocycles. The lowest BCUT2D eigenvalue weighted by Gasteiger charge is -2.44. The van der Waals surface area contributed by atoms with Crippen molar-refractivity contribution in [2.24, 2.45) is 5.41 Å². The minimum Gasteiger partial charge on any atom is -0.387 e. The number of nitrogens with zero attached hydrogens (tertiary/aromatic N) is 7. The summed E-state index contributed by atoms with van der Waals surface area (Å²) in [7, 11) is 0. The normalized spacial score (nSPS) is 30.2. The van der Waals surface area contributed by atoms with E-state index in [2.05, 4.69) is 43.8 Å². The second-order valence-corrected chi connectivity index (χ2v) is 10.4. The Kier molecular flexibility index (Phi) is 5.14. The summed E-state index contributed by atoms with van der Waals surface area (Å²) >= 11 is 0. The summed E-state index contributed by atoms with van der Waals surface area (Å²) in [4.78, 5) is 22.6. The highest BCUT2D eigenvalue weighted by atomic mass is 16.3. The molecule has 178 valence electrons. The van der Waals surface area contributed by atoms with Crippen molar-refractivity contribution in [1.82, 2.24) is 35.0 Å². The van der Waals surface area contributed by atoms with E-state index < -0.39 is 6.10 Å². The van der Waals surface area contributed by atoms with E-state index in [1.54, 1.807) is 6.20 Å². The van der Waals surface area contributed by atoms with Gasteiger partial charge < -0.3 is 10.0 Å². The van der Waals surface area contributed by atoms with Crippen molar-refractivity contribution in [3.63, 3.8) is 0 Å². The van der Waals surface area contributed by atoms with Crippen LogP contribution in [0.4, 0.5) is 0 Å². The molecule has 0 radical (unpaired) electrons. The number of carbonyl (C=O) groups is 1. The van der Waals surface area contributed by atoms with Crippen LogP contribution in [0, 0.1) is 5.41 Å². The monoisotopic (exact) mass is 461 g/mol. The van der Waals surface area contributed by atoms with Gasteiger partial charge in [-0.25, -0.2) is 4.98 Å². The van der Waals surface area contributed by atoms with Crippen molar-refractivity contribution in [1.29, 1.82) is 0 Å². The van der Waals surface area contributed by atoms with E-state index in [1.165, 1.54) is 27.9 Å². The van der Waals surface area contributed by atoms with Crippen molar-refractivity contribution in [3.05, 3.63) is 53.6 Å². The van der Waals surface area contributed by atoms with Gasteiger partial charge in [-0.05, 0) is 73.9 Å². The SMILES string of the molecule is C=C1CCC(N2CCC3(CC4CCC(C3)N4CC(O)c3ccc(-n4cnnn4)nc3)C2=O)=C1C. The van der Waals surface area contributed by atoms with Crippen molar-refractivity contribution in [3.8, 4) is 5.82 Å². The van der Waals surface area contributed by atoms with E-state index in [1.807, 2.05) is 12.1 Å². The number of piperidine rings is 1. The van der Waals surface area contributed by atoms with E-state index in [-0.39, 0.29) is 5.41 Å². The molecule has 3 unspecified atom stereocenters. The number of allylic oxidation sites excluding steroid dienone is 3. The fraction of sp³-hybridized carbons (Fsp3) is 0.560. The lowest BCUT2D eigenvalue weighted by molar-refractivity contribution is -0.138. The molecule has 2 aromatic rings. The number of amides is 1. The maximum Gasteiger partial charge on any atom is 0.233 e. The number of aliphatic hydroxyl groups excluding tert-OH is 1. The van der Waals surface area contributed by atoms with Crippen LogP contribution in [0.15, 0.2) is 48.1 Å². The lowest BCUT2D eigenvalue weighted by atomic mass is 9.73. The molecule has 5 heterocycles. The minimum atomic E-state index is -0.624. The standard InChI is InChI=1S/C25H31N7O2/c1-16-3-7-21(17(16)2)30-10-9-25(24(30)34)11-19-5-6-20(12-25)31(19)14-22(33)18-4-8-23(26-13-18)32-15-27-28-29-32/h4,8,13,15,19-20,22,33H,1,3,5-7,9-12,14H2,2H3. The first kappa shape index (κ1) is 21.6. The fourth-order valence-electron chi connectivity index (χ4n) is 6.68. The topological polar surface area (TPSA) is 100 Å². The fourth-order valence-corrected chi connectivity index (χ4v) is 6.68. The molecule has 1 amide bonds. The average Bonchev–Trinajstić information content (AvgIpc) is 3.60. The van der Waals surface area contributed by atoms with E-state index >= 15 is 0 Å². The van der Waals surface area contributed by atoms with E-state index in [9.17, 15) is 9.90 Å². The highest BCUT2D eigenvalue weighted by Crippen LogP contribution is 2.52. The van der Waals surface area contributed by atoms with E-state index in [0.29, 0.717) is 30.4 Å². The molecule has 3 atom stereocenters. The van der Waals surface area contributed by atoms with Gasteiger partial charge in [-0.3, -0.25) is 9.69 Å². The second-order valence-electron chi connectivity index (χ2n) is 10.4. The van der Waals surface area contributed by atoms with Crippen LogP contribution < -0.4 is 0 Å². The van der Waals surface area contributed by atoms with Crippen LogP contribution in [0.25, 0.3) is 5.82 Å². The first-order chi connectivity index (χ1) is 16.4. The van der Waals surface area contributed by atoms with Crippen LogP contribution in [0.1, 0.15) is 63.5 Å². The zero-order chi connectivity index (χ0) is 23.4. The zero-order valence-corrected chi connectivity index (χ0v) is 19.6. The van der Waals surface area contributed by atoms with Gasteiger partial charge in [0.1, 0.15) is 6.33 Å². The quantitative estimate of drug-likeness (QED) is 0.730. The number of tetrazole rings is 1. The van der Waals surface area contributed by atoms with Gasteiger partial charge in [-0.1, -0.05) is 18.2 Å². The van der Waals surface area contributed by atoms with Gasteiger partial charge in [0.05, 0.1) is 11.5 Å². The van der Waals surface area contributed by atoms with Gasteiger partial charge in [0.25, 0.3) is 0 Å². The zero-order valence-electron chi connectivity index (χ0n) is 19.6. The van der Waals surface area contributed by atoms with Gasteiger partial charge in [0.15, 0.2) is 5.82 Å². The third-order valence-electron chi connectivity index (χ3n) is 8.61. The van der Waals surface area contributed by atoms with E-state index in [0.717, 1.165) is 57.1 Å². The second kappa shape index (κ2) is 8.09. The predicted molar refractivity (Wildman–Crippen MR) is 124 cm³/mol. The third kappa shape index (κ3) is 3.41. The van der Waals surface area contributed by atoms with Gasteiger partial charge >= 0.3 is 0 Å². The smallest absolute Gasteiger partial charge is 0.233 e. The molecule has 9 heteroatoms. The highest BCUT2D eigenvalue weighted by molar-refractivity contribution is 5.87. The molecule has 1 spiro atoms. The average molecular weight is 462 g/mol. The number of aliphatic hydroxyl groups is 1. The number of hydrogen-bond acceptors (Lipinski definition) is 7. The first-order valence-corrected chi connectivity index (χ1v) is 12.3. The summed E-state index contributed by atoms with van der Waals surface area (Å²) in [6.07, 6.45) is 9.42. The molecule has 9 nitrogen and oxygen atoms in total. The van der Waals surface area contributed by atoms with Crippen molar-refractivity contribution >= 4 is 5.91 Å². The van der Waals surface area contributed by atoms with Crippen molar-refractivity contribution < 1.29 is 9.90 Å². The van der Waals surface area contributed by atoms with Crippen LogP contribution in [-0.2, 0) is 4.79 Å². The van der Waals surface area contributed by atoms with Gasteiger partial charge in [-0.15, -0.1) is 5.10 Å². The Morgan fingerprint density at radius 1 is 1.24 bits per heavy atom. The summed E-state index contributed by atoms with van der Waals surface area (Å²) in [5, 5.41) is 22.1. The summed E-state index contributed by atoms with van der Waals surface area (Å²) in [6.45, 7) is 7.67. The molecule has 1 aliphatic carbocycles. The molecule has 34 heavy (non-hydrogen) atoms. The van der Waals surface area contributed by atoms with Crippen LogP contribution in [-0.4, -0.2) is 71.2 Å². The number of pyridine rings is 1. The molecule has 1 N–H and O–H groups in total. The Labute approximate surface area is 199 Å². The Balaban J connectivity index is 1.14. The van der Waals surface area contributed by atoms with Gasteiger partial charge in [0, 0.05) is 42.6 Å². The molecular weight excluding hydrogens is 430 g/mol. The number of likely N-dealkylation sites (tertiary alicyclic amines) is 1. The number of aromatic nitrogens is 5. The number of rotatable bonds is 5. The van der Waals surface area contributed by atoms with Gasteiger partial charge in [-0.2, -0.15) is 4.68 Å². The molecule has 6 rings (SSSR count). The summed E-state index contributed by atoms with van der Waals surface area (Å²) in [5.41, 5.74) is 4.14. The van der Waals surface area contributed by atoms with Crippen molar-refractivity contribution in [2.45, 2.75) is 70.1 Å². The molecule has 3 saturated heterocycles. The molecule has 4 aliphatic rings. The molecule has 0 aromatic carbocycles.